The lowest BCUT2D eigenvalue weighted by Crippen LogP contribution is -2.25. The van der Waals surface area contributed by atoms with E-state index in [-0.39, 0.29) is 5.92 Å². The molecule has 1 heterocycles. The van der Waals surface area contributed by atoms with Crippen LogP contribution in [-0.4, -0.2) is 38.3 Å². The summed E-state index contributed by atoms with van der Waals surface area (Å²) in [6, 6.07) is 36.9. The largest absolute Gasteiger partial charge is 0.497 e. The van der Waals surface area contributed by atoms with Gasteiger partial charge in [0.2, 0.25) is 0 Å². The van der Waals surface area contributed by atoms with Gasteiger partial charge in [-0.1, -0.05) is 72.8 Å². The first-order valence-electron chi connectivity index (χ1n) is 13.3. The fraction of sp³-hybridized carbons (Fsp3) is 0.235. The first-order chi connectivity index (χ1) is 18.3. The average Bonchev–Trinajstić information content (AvgIpc) is 3.48. The quantitative estimate of drug-likeness (QED) is 0.166. The molecule has 5 aromatic rings. The summed E-state index contributed by atoms with van der Waals surface area (Å²) in [6.45, 7) is 4.12. The second kappa shape index (κ2) is 10.7. The molecule has 186 valence electrons. The molecule has 0 aliphatic carbocycles. The molecule has 0 amide bonds. The highest BCUT2D eigenvalue weighted by Crippen LogP contribution is 2.40. The van der Waals surface area contributed by atoms with Crippen LogP contribution in [0.5, 0.6) is 11.5 Å². The maximum absolute atomic E-state index is 6.12. The van der Waals surface area contributed by atoms with E-state index in [1.54, 1.807) is 7.11 Å². The number of likely N-dealkylation sites (tertiary alicyclic amines) is 1. The molecule has 0 radical (unpaired) electrons. The van der Waals surface area contributed by atoms with Crippen LogP contribution in [0.4, 0.5) is 0 Å². The van der Waals surface area contributed by atoms with Crippen molar-refractivity contribution in [1.82, 2.24) is 4.90 Å². The Hall–Kier alpha value is -3.82. The van der Waals surface area contributed by atoms with Gasteiger partial charge in [-0.25, -0.2) is 0 Å². The number of benzene rings is 5. The monoisotopic (exact) mass is 487 g/mol. The van der Waals surface area contributed by atoms with Crippen molar-refractivity contribution in [2.24, 2.45) is 0 Å². The molecule has 1 saturated heterocycles. The van der Waals surface area contributed by atoms with Gasteiger partial charge in [0.1, 0.15) is 18.1 Å². The molecule has 0 saturated carbocycles. The van der Waals surface area contributed by atoms with E-state index in [0.717, 1.165) is 24.7 Å². The Morgan fingerprint density at radius 3 is 2.19 bits per heavy atom. The lowest BCUT2D eigenvalue weighted by atomic mass is 9.81. The first kappa shape index (κ1) is 23.6. The lowest BCUT2D eigenvalue weighted by Gasteiger charge is -2.23. The van der Waals surface area contributed by atoms with Crippen molar-refractivity contribution >= 4 is 21.5 Å². The molecule has 1 unspecified atom stereocenters. The Bertz CT molecular complexity index is 1500. The zero-order valence-corrected chi connectivity index (χ0v) is 21.4. The van der Waals surface area contributed by atoms with Crippen molar-refractivity contribution in [3.05, 3.63) is 120 Å². The number of hydrogen-bond acceptors (Lipinski definition) is 3. The second-order valence-electron chi connectivity index (χ2n) is 9.91. The SMILES string of the molecule is COc1cccc(C(c2ccc(OCCN3CCCC3)cc2)c2cc3ccccc3c3ccccc23)c1. The number of fused-ring (bicyclic) bond motifs is 3. The van der Waals surface area contributed by atoms with Crippen LogP contribution in [0.25, 0.3) is 21.5 Å². The van der Waals surface area contributed by atoms with Crippen LogP contribution in [0.1, 0.15) is 35.4 Å². The van der Waals surface area contributed by atoms with Gasteiger partial charge in [-0.15, -0.1) is 0 Å². The normalized spacial score (nSPS) is 14.7. The molecule has 5 aromatic carbocycles. The molecule has 37 heavy (non-hydrogen) atoms. The summed E-state index contributed by atoms with van der Waals surface area (Å²) in [4.78, 5) is 2.48. The van der Waals surface area contributed by atoms with Gasteiger partial charge in [0, 0.05) is 12.5 Å². The fourth-order valence-electron chi connectivity index (χ4n) is 5.75. The Labute approximate surface area is 219 Å². The molecule has 3 heteroatoms. The number of hydrogen-bond donors (Lipinski definition) is 0. The zero-order chi connectivity index (χ0) is 25.0. The third kappa shape index (κ3) is 4.92. The summed E-state index contributed by atoms with van der Waals surface area (Å²) >= 11 is 0. The number of methoxy groups -OCH3 is 1. The van der Waals surface area contributed by atoms with Crippen LogP contribution in [0.3, 0.4) is 0 Å². The summed E-state index contributed by atoms with van der Waals surface area (Å²) in [7, 11) is 1.73. The van der Waals surface area contributed by atoms with Crippen LogP contribution < -0.4 is 9.47 Å². The van der Waals surface area contributed by atoms with E-state index < -0.39 is 0 Å². The molecule has 0 N–H and O–H groups in total. The minimum atomic E-state index is 0.0586. The van der Waals surface area contributed by atoms with Gasteiger partial charge in [0.25, 0.3) is 0 Å². The maximum Gasteiger partial charge on any atom is 0.119 e. The van der Waals surface area contributed by atoms with Gasteiger partial charge < -0.3 is 9.47 Å². The van der Waals surface area contributed by atoms with Crippen LogP contribution in [0.2, 0.25) is 0 Å². The second-order valence-corrected chi connectivity index (χ2v) is 9.91. The topological polar surface area (TPSA) is 21.7 Å². The maximum atomic E-state index is 6.12. The van der Waals surface area contributed by atoms with E-state index >= 15 is 0 Å². The summed E-state index contributed by atoms with van der Waals surface area (Å²) in [5, 5.41) is 5.10. The Kier molecular flexibility index (Phi) is 6.79. The minimum absolute atomic E-state index is 0.0586. The van der Waals surface area contributed by atoms with E-state index in [9.17, 15) is 0 Å². The number of nitrogens with zero attached hydrogens (tertiary/aromatic N) is 1. The van der Waals surface area contributed by atoms with E-state index in [1.807, 2.05) is 6.07 Å². The molecule has 3 nitrogen and oxygen atoms in total. The van der Waals surface area contributed by atoms with Crippen molar-refractivity contribution in [3.8, 4) is 11.5 Å². The number of ether oxygens (including phenoxy) is 2. The Morgan fingerprint density at radius 2 is 1.41 bits per heavy atom. The van der Waals surface area contributed by atoms with E-state index in [4.69, 9.17) is 9.47 Å². The van der Waals surface area contributed by atoms with Crippen molar-refractivity contribution < 1.29 is 9.47 Å². The molecule has 6 rings (SSSR count). The Balaban J connectivity index is 1.41. The predicted molar refractivity (Wildman–Crippen MR) is 153 cm³/mol. The van der Waals surface area contributed by atoms with Crippen molar-refractivity contribution in [3.63, 3.8) is 0 Å². The summed E-state index contributed by atoms with van der Waals surface area (Å²) in [5.74, 6) is 1.86. The van der Waals surface area contributed by atoms with Crippen LogP contribution >= 0.6 is 0 Å². The van der Waals surface area contributed by atoms with Gasteiger partial charge in [-0.05, 0) is 94.5 Å². The van der Waals surface area contributed by atoms with Crippen molar-refractivity contribution in [2.45, 2.75) is 18.8 Å². The van der Waals surface area contributed by atoms with Crippen molar-refractivity contribution in [2.75, 3.05) is 33.4 Å². The highest BCUT2D eigenvalue weighted by atomic mass is 16.5. The molecule has 1 aliphatic rings. The first-order valence-corrected chi connectivity index (χ1v) is 13.3. The van der Waals surface area contributed by atoms with E-state index in [2.05, 4.69) is 102 Å². The third-order valence-electron chi connectivity index (χ3n) is 7.63. The van der Waals surface area contributed by atoms with Crippen LogP contribution in [-0.2, 0) is 0 Å². The van der Waals surface area contributed by atoms with Gasteiger partial charge in [0.15, 0.2) is 0 Å². The smallest absolute Gasteiger partial charge is 0.119 e. The summed E-state index contributed by atoms with van der Waals surface area (Å²) in [6.07, 6.45) is 2.62. The van der Waals surface area contributed by atoms with Gasteiger partial charge in [0.05, 0.1) is 7.11 Å². The van der Waals surface area contributed by atoms with E-state index in [0.29, 0.717) is 0 Å². The van der Waals surface area contributed by atoms with Crippen LogP contribution in [0.15, 0.2) is 103 Å². The summed E-state index contributed by atoms with van der Waals surface area (Å²) < 4.78 is 11.7. The molecule has 1 aliphatic heterocycles. The zero-order valence-electron chi connectivity index (χ0n) is 21.4. The molecular formula is C34H33NO2. The molecule has 0 bridgehead atoms. The molecule has 1 atom stereocenters. The minimum Gasteiger partial charge on any atom is -0.497 e. The van der Waals surface area contributed by atoms with Crippen LogP contribution in [0, 0.1) is 0 Å². The molecular weight excluding hydrogens is 454 g/mol. The Morgan fingerprint density at radius 1 is 0.676 bits per heavy atom. The van der Waals surface area contributed by atoms with Gasteiger partial charge >= 0.3 is 0 Å². The molecule has 0 spiro atoms. The summed E-state index contributed by atoms with van der Waals surface area (Å²) in [5.41, 5.74) is 3.74. The number of rotatable bonds is 8. The van der Waals surface area contributed by atoms with Gasteiger partial charge in [-0.3, -0.25) is 4.90 Å². The van der Waals surface area contributed by atoms with Gasteiger partial charge in [-0.2, -0.15) is 0 Å². The van der Waals surface area contributed by atoms with Crippen molar-refractivity contribution in [1.29, 1.82) is 0 Å². The standard InChI is InChI=1S/C34H33NO2/c1-36-29-11-8-10-27(23-29)34(25-15-17-28(18-16-25)37-22-21-35-19-6-7-20-35)33-24-26-9-2-3-12-30(26)31-13-4-5-14-32(31)33/h2-5,8-18,23-24,34H,6-7,19-22H2,1H3. The highest BCUT2D eigenvalue weighted by Gasteiger charge is 2.21. The predicted octanol–water partition coefficient (Wildman–Crippen LogP) is 7.66. The lowest BCUT2D eigenvalue weighted by molar-refractivity contribution is 0.238. The fourth-order valence-corrected chi connectivity index (χ4v) is 5.75. The molecule has 1 fully saturated rings. The van der Waals surface area contributed by atoms with E-state index in [1.165, 1.54) is 64.2 Å². The third-order valence-corrected chi connectivity index (χ3v) is 7.63. The highest BCUT2D eigenvalue weighted by molar-refractivity contribution is 6.09. The molecule has 0 aromatic heterocycles. The average molecular weight is 488 g/mol.